The monoisotopic (exact) mass is 464 g/mol. The minimum atomic E-state index is 0.0145. The third kappa shape index (κ3) is 6.10. The minimum absolute atomic E-state index is 0.0145. The Labute approximate surface area is 207 Å². The molecule has 1 aliphatic rings. The number of tetrazole rings is 1. The van der Waals surface area contributed by atoms with Crippen molar-refractivity contribution in [1.29, 1.82) is 0 Å². The second-order valence-corrected chi connectivity index (χ2v) is 8.97. The highest BCUT2D eigenvalue weighted by molar-refractivity contribution is 5.48. The molecule has 0 aliphatic carbocycles. The second kappa shape index (κ2) is 11.7. The van der Waals surface area contributed by atoms with E-state index < -0.39 is 0 Å². The summed E-state index contributed by atoms with van der Waals surface area (Å²) in [5.74, 6) is 0.910. The predicted molar refractivity (Wildman–Crippen MR) is 140 cm³/mol. The molecule has 4 aromatic rings. The van der Waals surface area contributed by atoms with E-state index in [0.29, 0.717) is 0 Å². The Kier molecular flexibility index (Phi) is 7.73. The molecule has 1 aromatic heterocycles. The molecule has 0 atom stereocenters. The fraction of sp³-hybridized carbons (Fsp3) is 0.276. The zero-order valence-corrected chi connectivity index (χ0v) is 20.0. The Morgan fingerprint density at radius 3 is 1.89 bits per heavy atom. The summed E-state index contributed by atoms with van der Waals surface area (Å²) in [6.45, 7) is 7.02. The molecule has 178 valence electrons. The van der Waals surface area contributed by atoms with Gasteiger partial charge in [0.1, 0.15) is 0 Å². The van der Waals surface area contributed by atoms with Crippen LogP contribution >= 0.6 is 0 Å². The van der Waals surface area contributed by atoms with E-state index in [1.165, 1.54) is 16.7 Å². The molecule has 5 rings (SSSR count). The van der Waals surface area contributed by atoms with Gasteiger partial charge in [0, 0.05) is 39.3 Å². The summed E-state index contributed by atoms with van der Waals surface area (Å²) in [6.07, 6.45) is 4.48. The van der Waals surface area contributed by atoms with Crippen LogP contribution in [0.5, 0.6) is 0 Å². The van der Waals surface area contributed by atoms with Gasteiger partial charge < -0.3 is 0 Å². The van der Waals surface area contributed by atoms with Crippen molar-refractivity contribution in [3.8, 4) is 0 Å². The van der Waals surface area contributed by atoms with Crippen molar-refractivity contribution < 1.29 is 0 Å². The third-order valence-electron chi connectivity index (χ3n) is 6.65. The molecule has 0 N–H and O–H groups in total. The van der Waals surface area contributed by atoms with Crippen LogP contribution in [0.3, 0.4) is 0 Å². The molecule has 0 unspecified atom stereocenters. The maximum Gasteiger partial charge on any atom is 0.163 e. The van der Waals surface area contributed by atoms with Crippen molar-refractivity contribution in [1.82, 2.24) is 30.0 Å². The number of hydrogen-bond acceptors (Lipinski definition) is 5. The predicted octanol–water partition coefficient (Wildman–Crippen LogP) is 4.18. The van der Waals surface area contributed by atoms with Crippen LogP contribution in [0.1, 0.15) is 28.4 Å². The molecule has 2 heterocycles. The van der Waals surface area contributed by atoms with Gasteiger partial charge in [-0.25, -0.2) is 4.68 Å². The van der Waals surface area contributed by atoms with Crippen molar-refractivity contribution in [2.24, 2.45) is 0 Å². The summed E-state index contributed by atoms with van der Waals surface area (Å²) in [5, 5.41) is 12.9. The lowest BCUT2D eigenvalue weighted by molar-refractivity contribution is 0.137. The standard InChI is InChI=1S/C29H32N6/c1-4-11-25(12-5-1)13-10-18-33-19-21-34(22-20-33)23-24-35-29(30-31-32-35)28(26-14-6-2-7-15-26)27-16-8-3-9-17-27/h1-17,28H,18-24H2/b13-10+. The number of piperazine rings is 1. The van der Waals surface area contributed by atoms with Gasteiger partial charge in [-0.1, -0.05) is 103 Å². The van der Waals surface area contributed by atoms with Crippen LogP contribution in [0.15, 0.2) is 97.1 Å². The molecule has 1 aliphatic heterocycles. The summed E-state index contributed by atoms with van der Waals surface area (Å²) in [5.41, 5.74) is 3.66. The van der Waals surface area contributed by atoms with E-state index in [9.17, 15) is 0 Å². The molecular formula is C29H32N6. The molecule has 0 bridgehead atoms. The van der Waals surface area contributed by atoms with Crippen molar-refractivity contribution >= 4 is 6.08 Å². The maximum absolute atomic E-state index is 4.47. The highest BCUT2D eigenvalue weighted by Crippen LogP contribution is 2.30. The largest absolute Gasteiger partial charge is 0.299 e. The van der Waals surface area contributed by atoms with E-state index in [1.54, 1.807) is 0 Å². The maximum atomic E-state index is 4.47. The lowest BCUT2D eigenvalue weighted by atomic mass is 9.90. The van der Waals surface area contributed by atoms with Gasteiger partial charge >= 0.3 is 0 Å². The number of nitrogens with zero attached hydrogens (tertiary/aromatic N) is 6. The second-order valence-electron chi connectivity index (χ2n) is 8.97. The molecule has 0 saturated carbocycles. The minimum Gasteiger partial charge on any atom is -0.299 e. The van der Waals surface area contributed by atoms with Crippen molar-refractivity contribution in [3.63, 3.8) is 0 Å². The topological polar surface area (TPSA) is 50.1 Å². The van der Waals surface area contributed by atoms with Gasteiger partial charge in [-0.15, -0.1) is 5.10 Å². The quantitative estimate of drug-likeness (QED) is 0.372. The van der Waals surface area contributed by atoms with Crippen LogP contribution in [0.4, 0.5) is 0 Å². The van der Waals surface area contributed by atoms with Gasteiger partial charge in [-0.2, -0.15) is 0 Å². The summed E-state index contributed by atoms with van der Waals surface area (Å²) < 4.78 is 1.99. The molecule has 0 amide bonds. The molecular weight excluding hydrogens is 432 g/mol. The number of aromatic nitrogens is 4. The normalized spacial score (nSPS) is 15.2. The first-order valence-electron chi connectivity index (χ1n) is 12.4. The Hall–Kier alpha value is -3.61. The van der Waals surface area contributed by atoms with Crippen LogP contribution in [0.25, 0.3) is 6.08 Å². The van der Waals surface area contributed by atoms with E-state index in [2.05, 4.69) is 116 Å². The van der Waals surface area contributed by atoms with Crippen LogP contribution in [0, 0.1) is 0 Å². The first-order chi connectivity index (χ1) is 17.4. The lowest BCUT2D eigenvalue weighted by Gasteiger charge is -2.34. The number of rotatable bonds is 9. The third-order valence-corrected chi connectivity index (χ3v) is 6.65. The van der Waals surface area contributed by atoms with Gasteiger partial charge in [0.05, 0.1) is 12.5 Å². The van der Waals surface area contributed by atoms with Gasteiger partial charge in [0.15, 0.2) is 5.82 Å². The van der Waals surface area contributed by atoms with Crippen LogP contribution in [-0.4, -0.2) is 69.3 Å². The van der Waals surface area contributed by atoms with Crippen LogP contribution < -0.4 is 0 Å². The summed E-state index contributed by atoms with van der Waals surface area (Å²) in [4.78, 5) is 5.03. The molecule has 6 nitrogen and oxygen atoms in total. The Morgan fingerprint density at radius 1 is 0.686 bits per heavy atom. The first kappa shape index (κ1) is 23.1. The molecule has 3 aromatic carbocycles. The van der Waals surface area contributed by atoms with Gasteiger partial charge in [-0.05, 0) is 27.1 Å². The Balaban J connectivity index is 1.18. The smallest absolute Gasteiger partial charge is 0.163 e. The van der Waals surface area contributed by atoms with E-state index in [1.807, 2.05) is 16.8 Å². The van der Waals surface area contributed by atoms with Gasteiger partial charge in [0.25, 0.3) is 0 Å². The molecule has 0 radical (unpaired) electrons. The summed E-state index contributed by atoms with van der Waals surface area (Å²) in [6, 6.07) is 31.5. The highest BCUT2D eigenvalue weighted by Gasteiger charge is 2.24. The summed E-state index contributed by atoms with van der Waals surface area (Å²) in [7, 11) is 0. The Bertz CT molecular complexity index is 1140. The number of benzene rings is 3. The van der Waals surface area contributed by atoms with Crippen LogP contribution in [-0.2, 0) is 6.54 Å². The van der Waals surface area contributed by atoms with E-state index in [4.69, 9.17) is 0 Å². The van der Waals surface area contributed by atoms with E-state index in [-0.39, 0.29) is 5.92 Å². The zero-order chi connectivity index (χ0) is 23.7. The lowest BCUT2D eigenvalue weighted by Crippen LogP contribution is -2.47. The van der Waals surface area contributed by atoms with Crippen LogP contribution in [0.2, 0.25) is 0 Å². The van der Waals surface area contributed by atoms with E-state index >= 15 is 0 Å². The number of hydrogen-bond donors (Lipinski definition) is 0. The summed E-state index contributed by atoms with van der Waals surface area (Å²) >= 11 is 0. The zero-order valence-electron chi connectivity index (χ0n) is 20.0. The van der Waals surface area contributed by atoms with Crippen molar-refractivity contribution in [3.05, 3.63) is 120 Å². The first-order valence-corrected chi connectivity index (χ1v) is 12.4. The van der Waals surface area contributed by atoms with E-state index in [0.717, 1.165) is 51.6 Å². The fourth-order valence-corrected chi connectivity index (χ4v) is 4.69. The molecule has 6 heteroatoms. The SMILES string of the molecule is C(=C\c1ccccc1)/CN1CCN(CCn2nnnc2C(c2ccccc2)c2ccccc2)CC1. The molecule has 1 saturated heterocycles. The fourth-order valence-electron chi connectivity index (χ4n) is 4.69. The van der Waals surface area contributed by atoms with Gasteiger partial charge in [-0.3, -0.25) is 9.80 Å². The average molecular weight is 465 g/mol. The van der Waals surface area contributed by atoms with Crippen molar-refractivity contribution in [2.45, 2.75) is 12.5 Å². The highest BCUT2D eigenvalue weighted by atomic mass is 15.5. The van der Waals surface area contributed by atoms with Gasteiger partial charge in [0.2, 0.25) is 0 Å². The van der Waals surface area contributed by atoms with Crippen molar-refractivity contribution in [2.75, 3.05) is 39.3 Å². The molecule has 0 spiro atoms. The Morgan fingerprint density at radius 2 is 1.26 bits per heavy atom. The molecule has 1 fully saturated rings. The average Bonchev–Trinajstić information content (AvgIpc) is 3.38. The molecule has 35 heavy (non-hydrogen) atoms.